The van der Waals surface area contributed by atoms with Gasteiger partial charge in [-0.1, -0.05) is 200 Å². The van der Waals surface area contributed by atoms with Crippen molar-refractivity contribution in [2.75, 3.05) is 0 Å². The first kappa shape index (κ1) is 30.6. The van der Waals surface area contributed by atoms with Gasteiger partial charge in [-0.25, -0.2) is 0 Å². The van der Waals surface area contributed by atoms with Crippen LogP contribution >= 0.6 is 6.89 Å². The van der Waals surface area contributed by atoms with Crippen LogP contribution in [0.3, 0.4) is 0 Å². The monoisotopic (exact) mass is 660 g/mol. The minimum absolute atomic E-state index is 0.0265. The van der Waals surface area contributed by atoms with Crippen LogP contribution in [-0.2, 0) is 4.79 Å². The summed E-state index contributed by atoms with van der Waals surface area (Å²) in [6.07, 6.45) is 0. The fourth-order valence-corrected chi connectivity index (χ4v) is 13.7. The van der Waals surface area contributed by atoms with Crippen molar-refractivity contribution in [1.82, 2.24) is 0 Å². The Kier molecular flexibility index (Phi) is 7.80. The molecule has 0 radical (unpaired) electrons. The lowest BCUT2D eigenvalue weighted by Crippen LogP contribution is -2.46. The molecular formula is C48H37OP. The molecule has 0 saturated heterocycles. The van der Waals surface area contributed by atoms with Crippen LogP contribution in [0.25, 0.3) is 0 Å². The molecule has 2 bridgehead atoms. The number of rotatable bonds is 7. The Morgan fingerprint density at radius 2 is 0.720 bits per heavy atom. The molecule has 1 nitrogen and oxygen atoms in total. The molecule has 10 rings (SSSR count). The van der Waals surface area contributed by atoms with Crippen molar-refractivity contribution in [2.24, 2.45) is 5.92 Å². The largest absolute Gasteiger partial charge is 0.294 e. The Morgan fingerprint density at radius 1 is 0.380 bits per heavy atom. The van der Waals surface area contributed by atoms with E-state index in [1.807, 2.05) is 0 Å². The molecule has 0 spiro atoms. The molecule has 2 atom stereocenters. The van der Waals surface area contributed by atoms with E-state index >= 15 is 4.79 Å². The summed E-state index contributed by atoms with van der Waals surface area (Å²) in [5.74, 6) is -0.0972. The van der Waals surface area contributed by atoms with Gasteiger partial charge in [0.25, 0.3) is 0 Å². The molecule has 0 N–H and O–H groups in total. The standard InChI is InChI=1S/C48H37OP/c49-47(46-43(34-20-6-1-7-21-34)44-39-30-16-18-32-41(39)45(46)42-33-19-17-31-40(42)44)48(35-22-8-2-9-23-35)50(36-24-10-3-11-25-36,37-26-12-4-13-27-37)38-28-14-5-15-29-38/h1-33,43-46H. The third kappa shape index (κ3) is 4.72. The van der Waals surface area contributed by atoms with Crippen molar-refractivity contribution in [3.05, 3.63) is 234 Å². The summed E-state index contributed by atoms with van der Waals surface area (Å²) >= 11 is 0. The molecule has 7 aromatic carbocycles. The first-order chi connectivity index (χ1) is 24.8. The minimum atomic E-state index is -2.75. The van der Waals surface area contributed by atoms with Gasteiger partial charge >= 0.3 is 0 Å². The van der Waals surface area contributed by atoms with E-state index in [4.69, 9.17) is 0 Å². The van der Waals surface area contributed by atoms with Gasteiger partial charge in [-0.3, -0.25) is 4.79 Å². The van der Waals surface area contributed by atoms with E-state index in [0.29, 0.717) is 0 Å². The summed E-state index contributed by atoms with van der Waals surface area (Å²) in [4.78, 5) is 16.6. The van der Waals surface area contributed by atoms with Gasteiger partial charge in [0, 0.05) is 29.0 Å². The lowest BCUT2D eigenvalue weighted by atomic mass is 9.51. The van der Waals surface area contributed by atoms with Gasteiger partial charge in [-0.05, 0) is 56.2 Å². The van der Waals surface area contributed by atoms with Crippen LogP contribution in [0.15, 0.2) is 200 Å². The fraction of sp³-hybridized carbons (Fsp3) is 0.0833. The maximum atomic E-state index is 16.6. The highest BCUT2D eigenvalue weighted by atomic mass is 31.2. The fourth-order valence-electron chi connectivity index (χ4n) is 9.11. The number of benzene rings is 7. The second-order valence-corrected chi connectivity index (χ2v) is 16.8. The van der Waals surface area contributed by atoms with Crippen LogP contribution in [0.4, 0.5) is 0 Å². The van der Waals surface area contributed by atoms with Crippen LogP contribution in [0.2, 0.25) is 0 Å². The zero-order valence-electron chi connectivity index (χ0n) is 27.7. The lowest BCUT2D eigenvalue weighted by molar-refractivity contribution is -0.117. The van der Waals surface area contributed by atoms with E-state index in [0.717, 1.165) is 10.9 Å². The van der Waals surface area contributed by atoms with Gasteiger partial charge < -0.3 is 0 Å². The number of ketones is 1. The molecule has 50 heavy (non-hydrogen) atoms. The predicted octanol–water partition coefficient (Wildman–Crippen LogP) is 9.46. The third-order valence-electron chi connectivity index (χ3n) is 11.0. The quantitative estimate of drug-likeness (QED) is 0.156. The first-order valence-electron chi connectivity index (χ1n) is 17.5. The van der Waals surface area contributed by atoms with Gasteiger partial charge in [-0.15, -0.1) is 0 Å². The molecule has 2 heteroatoms. The number of hydrogen-bond acceptors (Lipinski definition) is 1. The highest BCUT2D eigenvalue weighted by Crippen LogP contribution is 2.62. The van der Waals surface area contributed by atoms with Crippen LogP contribution in [0.1, 0.15) is 51.1 Å². The molecule has 3 aliphatic carbocycles. The highest BCUT2D eigenvalue weighted by molar-refractivity contribution is 7.96. The Balaban J connectivity index is 1.45. The van der Waals surface area contributed by atoms with Crippen molar-refractivity contribution in [1.29, 1.82) is 0 Å². The maximum Gasteiger partial charge on any atom is 0.169 e. The van der Waals surface area contributed by atoms with Gasteiger partial charge in [0.15, 0.2) is 5.78 Å². The van der Waals surface area contributed by atoms with E-state index in [1.165, 1.54) is 43.7 Å². The number of hydrogen-bond donors (Lipinski definition) is 0. The van der Waals surface area contributed by atoms with E-state index in [1.54, 1.807) is 0 Å². The molecule has 7 aromatic rings. The smallest absolute Gasteiger partial charge is 0.169 e. The number of fused-ring (bicyclic) bond motifs is 1. The SMILES string of the molecule is O=C(C(c1ccccc1)=P(c1ccccc1)(c1ccccc1)c1ccccc1)C1C2c3ccccc3C(c3ccccc32)C1c1ccccc1. The molecule has 0 saturated carbocycles. The molecule has 3 aliphatic rings. The maximum absolute atomic E-state index is 16.6. The van der Waals surface area contributed by atoms with E-state index in [2.05, 4.69) is 200 Å². The molecule has 2 unspecified atom stereocenters. The number of Topliss-reactive ketones (excluding diaryl/α,β-unsaturated/α-hetero) is 1. The van der Waals surface area contributed by atoms with Crippen molar-refractivity contribution in [2.45, 2.75) is 17.8 Å². The molecule has 0 fully saturated rings. The second kappa shape index (κ2) is 12.8. The summed E-state index contributed by atoms with van der Waals surface area (Å²) in [6.45, 7) is -2.75. The molecular weight excluding hydrogens is 624 g/mol. The van der Waals surface area contributed by atoms with Crippen molar-refractivity contribution in [3.8, 4) is 0 Å². The Hall–Kier alpha value is -5.49. The summed E-state index contributed by atoms with van der Waals surface area (Å²) < 4.78 is 0. The average molecular weight is 661 g/mol. The Labute approximate surface area is 294 Å². The highest BCUT2D eigenvalue weighted by Gasteiger charge is 2.54. The van der Waals surface area contributed by atoms with Crippen molar-refractivity contribution in [3.63, 3.8) is 0 Å². The van der Waals surface area contributed by atoms with E-state index < -0.39 is 6.89 Å². The second-order valence-electron chi connectivity index (χ2n) is 13.4. The topological polar surface area (TPSA) is 17.1 Å². The van der Waals surface area contributed by atoms with E-state index in [-0.39, 0.29) is 29.5 Å². The zero-order chi connectivity index (χ0) is 33.5. The Morgan fingerprint density at radius 3 is 1.14 bits per heavy atom. The van der Waals surface area contributed by atoms with Crippen LogP contribution in [-0.4, -0.2) is 11.1 Å². The van der Waals surface area contributed by atoms with Gasteiger partial charge in [0.05, 0.1) is 0 Å². The zero-order valence-corrected chi connectivity index (χ0v) is 28.6. The molecule has 0 aliphatic heterocycles. The van der Waals surface area contributed by atoms with Gasteiger partial charge in [0.1, 0.15) is 0 Å². The summed E-state index contributed by atoms with van der Waals surface area (Å²) in [5.41, 5.74) is 7.50. The molecule has 0 amide bonds. The summed E-state index contributed by atoms with van der Waals surface area (Å²) in [7, 11) is 0. The van der Waals surface area contributed by atoms with Gasteiger partial charge in [-0.2, -0.15) is 0 Å². The molecule has 240 valence electrons. The summed E-state index contributed by atoms with van der Waals surface area (Å²) in [5, 5.41) is 4.48. The van der Waals surface area contributed by atoms with Gasteiger partial charge in [0.2, 0.25) is 0 Å². The van der Waals surface area contributed by atoms with Crippen LogP contribution < -0.4 is 15.9 Å². The normalized spacial score (nSPS) is 18.9. The number of carbonyl (C=O) groups is 1. The summed E-state index contributed by atoms with van der Waals surface area (Å²) in [6, 6.07) is 71.7. The van der Waals surface area contributed by atoms with Crippen LogP contribution in [0, 0.1) is 5.92 Å². The third-order valence-corrected chi connectivity index (χ3v) is 15.3. The number of carbonyl (C=O) groups excluding carboxylic acids is 1. The predicted molar refractivity (Wildman–Crippen MR) is 210 cm³/mol. The van der Waals surface area contributed by atoms with Crippen LogP contribution in [0.5, 0.6) is 0 Å². The average Bonchev–Trinajstić information content (AvgIpc) is 3.21. The molecule has 0 aromatic heterocycles. The van der Waals surface area contributed by atoms with E-state index in [9.17, 15) is 0 Å². The molecule has 0 heterocycles. The van der Waals surface area contributed by atoms with Crippen molar-refractivity contribution >= 4 is 33.9 Å². The Bertz CT molecular complexity index is 2200. The van der Waals surface area contributed by atoms with Crippen molar-refractivity contribution < 1.29 is 4.79 Å². The minimum Gasteiger partial charge on any atom is -0.294 e. The lowest BCUT2D eigenvalue weighted by Gasteiger charge is -2.51. The first-order valence-corrected chi connectivity index (χ1v) is 19.3.